The van der Waals surface area contributed by atoms with Crippen LogP contribution in [0.5, 0.6) is 5.75 Å². The van der Waals surface area contributed by atoms with Gasteiger partial charge in [-0.2, -0.15) is 5.10 Å². The number of ether oxygens (including phenoxy) is 1. The van der Waals surface area contributed by atoms with Gasteiger partial charge in [-0.1, -0.05) is 38.4 Å². The van der Waals surface area contributed by atoms with Crippen LogP contribution in [0.2, 0.25) is 5.02 Å². The summed E-state index contributed by atoms with van der Waals surface area (Å²) in [7, 11) is 1.71. The van der Waals surface area contributed by atoms with Crippen molar-refractivity contribution in [3.05, 3.63) is 34.5 Å². The number of benzene rings is 1. The Balaban J connectivity index is 2.55. The number of methoxy groups -OCH3 is 1. The fourth-order valence-electron chi connectivity index (χ4n) is 2.73. The van der Waals surface area contributed by atoms with Gasteiger partial charge in [0, 0.05) is 12.1 Å². The zero-order chi connectivity index (χ0) is 16.3. The first-order valence-electron chi connectivity index (χ1n) is 7.94. The fraction of sp³-hybridized carbons (Fsp3) is 0.500. The van der Waals surface area contributed by atoms with Crippen LogP contribution >= 0.6 is 11.6 Å². The zero-order valence-electron chi connectivity index (χ0n) is 14.1. The lowest BCUT2D eigenvalue weighted by Gasteiger charge is -2.13. The molecule has 0 bridgehead atoms. The molecule has 0 radical (unpaired) electrons. The molecule has 0 unspecified atom stereocenters. The van der Waals surface area contributed by atoms with Crippen LogP contribution in [0.25, 0.3) is 11.3 Å². The number of rotatable bonds is 6. The third-order valence-electron chi connectivity index (χ3n) is 3.76. The van der Waals surface area contributed by atoms with E-state index in [0.29, 0.717) is 5.92 Å². The molecular weight excluding hydrogens is 296 g/mol. The zero-order valence-corrected chi connectivity index (χ0v) is 14.9. The summed E-state index contributed by atoms with van der Waals surface area (Å²) in [6.45, 7) is 9.37. The Bertz CT molecular complexity index is 647. The number of hydrogen-bond donors (Lipinski definition) is 0. The van der Waals surface area contributed by atoms with E-state index >= 15 is 0 Å². The molecule has 0 aliphatic heterocycles. The lowest BCUT2D eigenvalue weighted by molar-refractivity contribution is 0.415. The summed E-state index contributed by atoms with van der Waals surface area (Å²) >= 11 is 6.56. The van der Waals surface area contributed by atoms with Crippen molar-refractivity contribution in [2.75, 3.05) is 7.11 Å². The molecule has 3 nitrogen and oxygen atoms in total. The van der Waals surface area contributed by atoms with E-state index in [1.165, 1.54) is 5.56 Å². The second kappa shape index (κ2) is 7.19. The van der Waals surface area contributed by atoms with Gasteiger partial charge in [0.15, 0.2) is 0 Å². The smallest absolute Gasteiger partial charge is 0.128 e. The molecule has 0 saturated carbocycles. The second-order valence-corrected chi connectivity index (χ2v) is 6.29. The van der Waals surface area contributed by atoms with Crippen molar-refractivity contribution in [2.45, 2.75) is 47.1 Å². The fourth-order valence-corrected chi connectivity index (χ4v) is 3.10. The molecule has 1 heterocycles. The Labute approximate surface area is 138 Å². The standard InChI is InChI=1S/C18H25ClN2O/c1-6-15-17(19)18(21(7-2)20-15)14-9-8-13(10-12(3)4)11-16(14)22-5/h8-9,11-12H,6-7,10H2,1-5H3. The highest BCUT2D eigenvalue weighted by molar-refractivity contribution is 6.33. The maximum atomic E-state index is 6.56. The number of halogens is 1. The summed E-state index contributed by atoms with van der Waals surface area (Å²) in [6, 6.07) is 6.38. The average molecular weight is 321 g/mol. The molecule has 1 aromatic carbocycles. The van der Waals surface area contributed by atoms with Crippen LogP contribution in [0.1, 0.15) is 39.0 Å². The Morgan fingerprint density at radius 2 is 2.00 bits per heavy atom. The largest absolute Gasteiger partial charge is 0.496 e. The average Bonchev–Trinajstić information content (AvgIpc) is 2.82. The molecule has 2 aromatic rings. The third kappa shape index (κ3) is 3.30. The van der Waals surface area contributed by atoms with Gasteiger partial charge in [0.05, 0.1) is 23.5 Å². The molecule has 4 heteroatoms. The molecule has 0 amide bonds. The van der Waals surface area contributed by atoms with Crippen LogP contribution in [0.3, 0.4) is 0 Å². The van der Waals surface area contributed by atoms with E-state index in [9.17, 15) is 0 Å². The van der Waals surface area contributed by atoms with E-state index in [4.69, 9.17) is 16.3 Å². The summed E-state index contributed by atoms with van der Waals surface area (Å²) in [5.41, 5.74) is 4.18. The minimum atomic E-state index is 0.618. The Kier molecular flexibility index (Phi) is 5.52. The molecule has 0 fully saturated rings. The minimum Gasteiger partial charge on any atom is -0.496 e. The summed E-state index contributed by atoms with van der Waals surface area (Å²) in [5.74, 6) is 1.48. The van der Waals surface area contributed by atoms with E-state index in [2.05, 4.69) is 51.0 Å². The summed E-state index contributed by atoms with van der Waals surface area (Å²) in [4.78, 5) is 0. The maximum absolute atomic E-state index is 6.56. The van der Waals surface area contributed by atoms with Crippen LogP contribution < -0.4 is 4.74 Å². The van der Waals surface area contributed by atoms with Gasteiger partial charge in [0.25, 0.3) is 0 Å². The molecule has 120 valence electrons. The number of aromatic nitrogens is 2. The highest BCUT2D eigenvalue weighted by Crippen LogP contribution is 2.37. The van der Waals surface area contributed by atoms with Gasteiger partial charge in [-0.05, 0) is 43.4 Å². The lowest BCUT2D eigenvalue weighted by atomic mass is 10.00. The summed E-state index contributed by atoms with van der Waals surface area (Å²) in [6.07, 6.45) is 1.87. The molecule has 22 heavy (non-hydrogen) atoms. The highest BCUT2D eigenvalue weighted by atomic mass is 35.5. The van der Waals surface area contributed by atoms with Gasteiger partial charge in [0.2, 0.25) is 0 Å². The highest BCUT2D eigenvalue weighted by Gasteiger charge is 2.19. The van der Waals surface area contributed by atoms with E-state index < -0.39 is 0 Å². The van der Waals surface area contributed by atoms with Crippen molar-refractivity contribution in [1.29, 1.82) is 0 Å². The molecule has 2 rings (SSSR count). The van der Waals surface area contributed by atoms with Crippen molar-refractivity contribution < 1.29 is 4.74 Å². The van der Waals surface area contributed by atoms with E-state index in [1.807, 2.05) is 4.68 Å². The first-order chi connectivity index (χ1) is 10.5. The van der Waals surface area contributed by atoms with Crippen LogP contribution in [0.15, 0.2) is 18.2 Å². The predicted octanol–water partition coefficient (Wildman–Crippen LogP) is 4.99. The summed E-state index contributed by atoms with van der Waals surface area (Å²) < 4.78 is 7.58. The van der Waals surface area contributed by atoms with Crippen molar-refractivity contribution in [3.8, 4) is 17.0 Å². The van der Waals surface area contributed by atoms with Gasteiger partial charge >= 0.3 is 0 Å². The van der Waals surface area contributed by atoms with Gasteiger partial charge in [-0.3, -0.25) is 4.68 Å². The SMILES string of the molecule is CCc1nn(CC)c(-c2ccc(CC(C)C)cc2OC)c1Cl. The number of aryl methyl sites for hydroxylation is 2. The Hall–Kier alpha value is -1.48. The second-order valence-electron chi connectivity index (χ2n) is 5.91. The molecular formula is C18H25ClN2O. The monoisotopic (exact) mass is 320 g/mol. The third-order valence-corrected chi connectivity index (χ3v) is 4.16. The van der Waals surface area contributed by atoms with Crippen LogP contribution in [-0.2, 0) is 19.4 Å². The Morgan fingerprint density at radius 3 is 2.55 bits per heavy atom. The predicted molar refractivity (Wildman–Crippen MR) is 92.8 cm³/mol. The lowest BCUT2D eigenvalue weighted by Crippen LogP contribution is -2.02. The van der Waals surface area contributed by atoms with Crippen molar-refractivity contribution in [2.24, 2.45) is 5.92 Å². The first-order valence-corrected chi connectivity index (χ1v) is 8.32. The molecule has 0 N–H and O–H groups in total. The molecule has 0 aliphatic carbocycles. The van der Waals surface area contributed by atoms with Gasteiger partial charge < -0.3 is 4.74 Å². The van der Waals surface area contributed by atoms with Gasteiger partial charge in [-0.25, -0.2) is 0 Å². The van der Waals surface area contributed by atoms with Crippen molar-refractivity contribution in [1.82, 2.24) is 9.78 Å². The van der Waals surface area contributed by atoms with E-state index in [1.54, 1.807) is 7.11 Å². The molecule has 1 aromatic heterocycles. The topological polar surface area (TPSA) is 27.1 Å². The molecule has 0 spiro atoms. The van der Waals surface area contributed by atoms with Gasteiger partial charge in [-0.15, -0.1) is 0 Å². The van der Waals surface area contributed by atoms with Crippen LogP contribution in [-0.4, -0.2) is 16.9 Å². The Morgan fingerprint density at radius 1 is 1.27 bits per heavy atom. The normalized spacial score (nSPS) is 11.2. The van der Waals surface area contributed by atoms with E-state index in [0.717, 1.165) is 47.1 Å². The quantitative estimate of drug-likeness (QED) is 0.749. The van der Waals surface area contributed by atoms with Crippen LogP contribution in [0, 0.1) is 5.92 Å². The van der Waals surface area contributed by atoms with E-state index in [-0.39, 0.29) is 0 Å². The van der Waals surface area contributed by atoms with Gasteiger partial charge in [0.1, 0.15) is 5.75 Å². The van der Waals surface area contributed by atoms with Crippen molar-refractivity contribution >= 4 is 11.6 Å². The van der Waals surface area contributed by atoms with Crippen molar-refractivity contribution in [3.63, 3.8) is 0 Å². The molecule has 0 aliphatic rings. The minimum absolute atomic E-state index is 0.618. The number of hydrogen-bond acceptors (Lipinski definition) is 2. The summed E-state index contributed by atoms with van der Waals surface area (Å²) in [5, 5.41) is 5.33. The van der Waals surface area contributed by atoms with Crippen LogP contribution in [0.4, 0.5) is 0 Å². The molecule has 0 atom stereocenters. The number of nitrogens with zero attached hydrogens (tertiary/aromatic N) is 2. The molecule has 0 saturated heterocycles. The maximum Gasteiger partial charge on any atom is 0.128 e. The first kappa shape index (κ1) is 16.9.